The van der Waals surface area contributed by atoms with Crippen LogP contribution in [0, 0.1) is 0 Å². The van der Waals surface area contributed by atoms with Crippen LogP contribution in [-0.4, -0.2) is 9.97 Å². The van der Waals surface area contributed by atoms with E-state index in [0.29, 0.717) is 16.8 Å². The summed E-state index contributed by atoms with van der Waals surface area (Å²) in [5.74, 6) is 1.07. The van der Waals surface area contributed by atoms with Crippen molar-refractivity contribution in [3.8, 4) is 0 Å². The number of rotatable bonds is 5. The summed E-state index contributed by atoms with van der Waals surface area (Å²) in [5.41, 5.74) is 3.13. The highest BCUT2D eigenvalue weighted by atomic mass is 35.5. The van der Waals surface area contributed by atoms with Gasteiger partial charge in [0.2, 0.25) is 5.95 Å². The zero-order valence-electron chi connectivity index (χ0n) is 12.8. The maximum absolute atomic E-state index is 6.21. The molecular weight excluding hydrogens is 308 g/mol. The normalized spacial score (nSPS) is 10.3. The van der Waals surface area contributed by atoms with E-state index in [2.05, 4.69) is 39.7 Å². The zero-order chi connectivity index (χ0) is 16.1. The van der Waals surface area contributed by atoms with Gasteiger partial charge in [-0.15, -0.1) is 0 Å². The molecule has 1 aromatic heterocycles. The lowest BCUT2D eigenvalue weighted by Gasteiger charge is -2.11. The van der Waals surface area contributed by atoms with Gasteiger partial charge >= 0.3 is 0 Å². The third-order valence-electron chi connectivity index (χ3n) is 3.37. The molecule has 3 aromatic rings. The second-order valence-electron chi connectivity index (χ2n) is 5.06. The summed E-state index contributed by atoms with van der Waals surface area (Å²) in [6.45, 7) is 2.12. The molecule has 5 heteroatoms. The van der Waals surface area contributed by atoms with Crippen molar-refractivity contribution in [3.63, 3.8) is 0 Å². The standard InChI is InChI=1S/C18H17ClN4/c1-2-13-7-6-10-15(11-13)21-17-16(19)12-20-18(23-17)22-14-8-4-3-5-9-14/h3-12H,2H2,1H3,(H2,20,21,22,23). The first-order valence-corrected chi connectivity index (χ1v) is 7.83. The highest BCUT2D eigenvalue weighted by Gasteiger charge is 2.06. The quantitative estimate of drug-likeness (QED) is 0.679. The SMILES string of the molecule is CCc1cccc(Nc2nc(Nc3ccccc3)ncc2Cl)c1. The number of hydrogen-bond acceptors (Lipinski definition) is 4. The molecule has 4 nitrogen and oxygen atoms in total. The van der Waals surface area contributed by atoms with Crippen molar-refractivity contribution >= 4 is 34.7 Å². The second kappa shape index (κ2) is 7.11. The summed E-state index contributed by atoms with van der Waals surface area (Å²) < 4.78 is 0. The van der Waals surface area contributed by atoms with Gasteiger partial charge in [-0.25, -0.2) is 4.98 Å². The van der Waals surface area contributed by atoms with Gasteiger partial charge in [0.05, 0.1) is 6.20 Å². The summed E-state index contributed by atoms with van der Waals surface area (Å²) >= 11 is 6.21. The van der Waals surface area contributed by atoms with Crippen molar-refractivity contribution in [2.24, 2.45) is 0 Å². The van der Waals surface area contributed by atoms with Gasteiger partial charge in [0, 0.05) is 11.4 Å². The third kappa shape index (κ3) is 3.99. The predicted molar refractivity (Wildman–Crippen MR) is 95.9 cm³/mol. The molecule has 0 bridgehead atoms. The Labute approximate surface area is 140 Å². The predicted octanol–water partition coefficient (Wildman–Crippen LogP) is 5.18. The summed E-state index contributed by atoms with van der Waals surface area (Å²) in [7, 11) is 0. The zero-order valence-corrected chi connectivity index (χ0v) is 13.5. The first-order valence-electron chi connectivity index (χ1n) is 7.45. The van der Waals surface area contributed by atoms with E-state index in [9.17, 15) is 0 Å². The highest BCUT2D eigenvalue weighted by Crippen LogP contribution is 2.25. The second-order valence-corrected chi connectivity index (χ2v) is 5.47. The molecule has 2 N–H and O–H groups in total. The molecule has 0 unspecified atom stereocenters. The van der Waals surface area contributed by atoms with Crippen molar-refractivity contribution in [2.45, 2.75) is 13.3 Å². The lowest BCUT2D eigenvalue weighted by Crippen LogP contribution is -2.01. The van der Waals surface area contributed by atoms with Crippen LogP contribution in [0.25, 0.3) is 0 Å². The molecule has 0 fully saturated rings. The Balaban J connectivity index is 1.82. The topological polar surface area (TPSA) is 49.8 Å². The van der Waals surface area contributed by atoms with E-state index in [4.69, 9.17) is 11.6 Å². The number of para-hydroxylation sites is 1. The number of anilines is 4. The van der Waals surface area contributed by atoms with Crippen LogP contribution in [0.1, 0.15) is 12.5 Å². The van der Waals surface area contributed by atoms with E-state index in [-0.39, 0.29) is 0 Å². The monoisotopic (exact) mass is 324 g/mol. The number of aryl methyl sites for hydroxylation is 1. The minimum atomic E-state index is 0.477. The summed E-state index contributed by atoms with van der Waals surface area (Å²) in [5, 5.41) is 6.89. The fraction of sp³-hybridized carbons (Fsp3) is 0.111. The Morgan fingerprint density at radius 3 is 2.52 bits per heavy atom. The van der Waals surface area contributed by atoms with Gasteiger partial charge in [-0.05, 0) is 36.2 Å². The average Bonchev–Trinajstić information content (AvgIpc) is 2.59. The van der Waals surface area contributed by atoms with Crippen molar-refractivity contribution in [1.82, 2.24) is 9.97 Å². The molecule has 0 saturated carbocycles. The number of aromatic nitrogens is 2. The van der Waals surface area contributed by atoms with Gasteiger partial charge in [0.1, 0.15) is 5.02 Å². The number of halogens is 1. The lowest BCUT2D eigenvalue weighted by molar-refractivity contribution is 1.14. The molecule has 0 radical (unpaired) electrons. The highest BCUT2D eigenvalue weighted by molar-refractivity contribution is 6.32. The van der Waals surface area contributed by atoms with Crippen LogP contribution in [-0.2, 0) is 6.42 Å². The number of nitrogens with one attached hydrogen (secondary N) is 2. The Morgan fingerprint density at radius 2 is 1.74 bits per heavy atom. The first kappa shape index (κ1) is 15.3. The van der Waals surface area contributed by atoms with Crippen LogP contribution in [0.5, 0.6) is 0 Å². The van der Waals surface area contributed by atoms with Crippen LogP contribution in [0.2, 0.25) is 5.02 Å². The molecule has 3 rings (SSSR count). The Hall–Kier alpha value is -2.59. The average molecular weight is 325 g/mol. The van der Waals surface area contributed by atoms with Crippen molar-refractivity contribution < 1.29 is 0 Å². The van der Waals surface area contributed by atoms with Crippen molar-refractivity contribution in [1.29, 1.82) is 0 Å². The molecule has 0 aliphatic carbocycles. The molecule has 0 aliphatic rings. The molecule has 0 aliphatic heterocycles. The molecule has 2 aromatic carbocycles. The van der Waals surface area contributed by atoms with E-state index in [1.54, 1.807) is 6.20 Å². The Morgan fingerprint density at radius 1 is 0.957 bits per heavy atom. The first-order chi connectivity index (χ1) is 11.2. The number of hydrogen-bond donors (Lipinski definition) is 2. The van der Waals surface area contributed by atoms with Crippen LogP contribution in [0.3, 0.4) is 0 Å². The number of nitrogens with zero attached hydrogens (tertiary/aromatic N) is 2. The smallest absolute Gasteiger partial charge is 0.229 e. The van der Waals surface area contributed by atoms with Crippen molar-refractivity contribution in [2.75, 3.05) is 10.6 Å². The fourth-order valence-corrected chi connectivity index (χ4v) is 2.31. The lowest BCUT2D eigenvalue weighted by atomic mass is 10.1. The van der Waals surface area contributed by atoms with Gasteiger partial charge in [-0.3, -0.25) is 0 Å². The van der Waals surface area contributed by atoms with Gasteiger partial charge in [-0.2, -0.15) is 4.98 Å². The van der Waals surface area contributed by atoms with Gasteiger partial charge in [0.25, 0.3) is 0 Å². The van der Waals surface area contributed by atoms with E-state index in [1.165, 1.54) is 5.56 Å². The van der Waals surface area contributed by atoms with Crippen molar-refractivity contribution in [3.05, 3.63) is 71.4 Å². The molecule has 0 saturated heterocycles. The van der Waals surface area contributed by atoms with Crippen LogP contribution >= 0.6 is 11.6 Å². The van der Waals surface area contributed by atoms with Crippen LogP contribution < -0.4 is 10.6 Å². The maximum Gasteiger partial charge on any atom is 0.229 e. The minimum absolute atomic E-state index is 0.477. The maximum atomic E-state index is 6.21. The molecule has 23 heavy (non-hydrogen) atoms. The fourth-order valence-electron chi connectivity index (χ4n) is 2.17. The van der Waals surface area contributed by atoms with Gasteiger partial charge < -0.3 is 10.6 Å². The largest absolute Gasteiger partial charge is 0.339 e. The van der Waals surface area contributed by atoms with Gasteiger partial charge in [-0.1, -0.05) is 48.9 Å². The Bertz CT molecular complexity index is 790. The molecular formula is C18H17ClN4. The molecule has 116 valence electrons. The van der Waals surface area contributed by atoms with E-state index in [1.807, 2.05) is 42.5 Å². The van der Waals surface area contributed by atoms with E-state index in [0.717, 1.165) is 17.8 Å². The summed E-state index contributed by atoms with van der Waals surface area (Å²) in [4.78, 5) is 8.67. The molecule has 0 spiro atoms. The molecule has 0 atom stereocenters. The number of benzene rings is 2. The van der Waals surface area contributed by atoms with E-state index >= 15 is 0 Å². The summed E-state index contributed by atoms with van der Waals surface area (Å²) in [6.07, 6.45) is 2.57. The van der Waals surface area contributed by atoms with Gasteiger partial charge in [0.15, 0.2) is 5.82 Å². The summed E-state index contributed by atoms with van der Waals surface area (Å²) in [6, 6.07) is 18.0. The Kier molecular flexibility index (Phi) is 4.74. The molecule has 1 heterocycles. The van der Waals surface area contributed by atoms with E-state index < -0.39 is 0 Å². The minimum Gasteiger partial charge on any atom is -0.339 e. The molecule has 0 amide bonds. The van der Waals surface area contributed by atoms with Crippen LogP contribution in [0.4, 0.5) is 23.1 Å². The third-order valence-corrected chi connectivity index (χ3v) is 3.65. The van der Waals surface area contributed by atoms with Crippen LogP contribution in [0.15, 0.2) is 60.8 Å².